The van der Waals surface area contributed by atoms with Crippen LogP contribution in [0.2, 0.25) is 5.02 Å². The smallest absolute Gasteiger partial charge is 0.142 e. The Morgan fingerprint density at radius 3 is 2.47 bits per heavy atom. The standard InChI is InChI=1S/C26H21ClN2O/c27-23-11-4-3-10-22(23)26-28-24-12-5-6-13-25(24)29(26)16-7-17-30-21-15-14-19-8-1-2-9-20(19)18-21/h1-6,8-15,18H,7,16-17H2. The van der Waals surface area contributed by atoms with Gasteiger partial charge in [-0.2, -0.15) is 0 Å². The Morgan fingerprint density at radius 2 is 1.57 bits per heavy atom. The Hall–Kier alpha value is -3.30. The van der Waals surface area contributed by atoms with Crippen LogP contribution in [0.15, 0.2) is 91.0 Å². The highest BCUT2D eigenvalue weighted by molar-refractivity contribution is 6.33. The molecule has 0 N–H and O–H groups in total. The number of para-hydroxylation sites is 2. The molecule has 0 aliphatic carbocycles. The van der Waals surface area contributed by atoms with Crippen molar-refractivity contribution in [2.75, 3.05) is 6.61 Å². The zero-order valence-electron chi connectivity index (χ0n) is 16.5. The molecule has 1 aromatic heterocycles. The van der Waals surface area contributed by atoms with Gasteiger partial charge in [0.2, 0.25) is 0 Å². The van der Waals surface area contributed by atoms with Crippen molar-refractivity contribution in [1.29, 1.82) is 0 Å². The molecule has 0 saturated carbocycles. The first-order valence-corrected chi connectivity index (χ1v) is 10.5. The van der Waals surface area contributed by atoms with Crippen LogP contribution in [-0.4, -0.2) is 16.2 Å². The van der Waals surface area contributed by atoms with E-state index in [-0.39, 0.29) is 0 Å². The maximum Gasteiger partial charge on any atom is 0.142 e. The molecule has 5 aromatic rings. The van der Waals surface area contributed by atoms with Crippen molar-refractivity contribution < 1.29 is 4.74 Å². The zero-order valence-corrected chi connectivity index (χ0v) is 17.2. The summed E-state index contributed by atoms with van der Waals surface area (Å²) in [4.78, 5) is 4.85. The number of benzene rings is 4. The summed E-state index contributed by atoms with van der Waals surface area (Å²) < 4.78 is 8.27. The molecule has 1 heterocycles. The van der Waals surface area contributed by atoms with E-state index in [0.717, 1.165) is 41.1 Å². The highest BCUT2D eigenvalue weighted by atomic mass is 35.5. The number of halogens is 1. The molecule has 0 aliphatic heterocycles. The molecule has 0 bridgehead atoms. The van der Waals surface area contributed by atoms with Gasteiger partial charge in [0.1, 0.15) is 11.6 Å². The number of aryl methyl sites for hydroxylation is 1. The summed E-state index contributed by atoms with van der Waals surface area (Å²) in [6.07, 6.45) is 0.866. The fourth-order valence-electron chi connectivity index (χ4n) is 3.82. The third-order valence-electron chi connectivity index (χ3n) is 5.29. The minimum Gasteiger partial charge on any atom is -0.494 e. The summed E-state index contributed by atoms with van der Waals surface area (Å²) in [7, 11) is 0. The van der Waals surface area contributed by atoms with Gasteiger partial charge in [-0.3, -0.25) is 0 Å². The lowest BCUT2D eigenvalue weighted by molar-refractivity contribution is 0.303. The number of imidazole rings is 1. The first-order chi connectivity index (χ1) is 14.8. The lowest BCUT2D eigenvalue weighted by atomic mass is 10.1. The van der Waals surface area contributed by atoms with Gasteiger partial charge in [-0.25, -0.2) is 4.98 Å². The molecule has 0 unspecified atom stereocenters. The highest BCUT2D eigenvalue weighted by Gasteiger charge is 2.14. The van der Waals surface area contributed by atoms with Crippen LogP contribution in [0.25, 0.3) is 33.2 Å². The van der Waals surface area contributed by atoms with E-state index in [1.165, 1.54) is 10.8 Å². The quantitative estimate of drug-likeness (QED) is 0.281. The topological polar surface area (TPSA) is 27.1 Å². The second-order valence-electron chi connectivity index (χ2n) is 7.27. The van der Waals surface area contributed by atoms with Crippen molar-refractivity contribution in [2.24, 2.45) is 0 Å². The number of rotatable bonds is 6. The maximum atomic E-state index is 6.47. The van der Waals surface area contributed by atoms with Gasteiger partial charge >= 0.3 is 0 Å². The number of hydrogen-bond donors (Lipinski definition) is 0. The highest BCUT2D eigenvalue weighted by Crippen LogP contribution is 2.30. The molecule has 0 radical (unpaired) electrons. The number of ether oxygens (including phenoxy) is 1. The van der Waals surface area contributed by atoms with E-state index in [2.05, 4.69) is 41.0 Å². The van der Waals surface area contributed by atoms with Gasteiger partial charge in [0, 0.05) is 12.1 Å². The fourth-order valence-corrected chi connectivity index (χ4v) is 4.04. The van der Waals surface area contributed by atoms with E-state index < -0.39 is 0 Å². The van der Waals surface area contributed by atoms with Crippen LogP contribution in [0.3, 0.4) is 0 Å². The van der Waals surface area contributed by atoms with Gasteiger partial charge < -0.3 is 9.30 Å². The fraction of sp³-hybridized carbons (Fsp3) is 0.115. The minimum atomic E-state index is 0.632. The Labute approximate surface area is 180 Å². The summed E-state index contributed by atoms with van der Waals surface area (Å²) in [5, 5.41) is 3.12. The molecule has 3 nitrogen and oxygen atoms in total. The molecule has 0 atom stereocenters. The lowest BCUT2D eigenvalue weighted by Crippen LogP contribution is -2.06. The van der Waals surface area contributed by atoms with Crippen LogP contribution < -0.4 is 4.74 Å². The van der Waals surface area contributed by atoms with Crippen LogP contribution in [0.1, 0.15) is 6.42 Å². The van der Waals surface area contributed by atoms with Crippen molar-refractivity contribution in [1.82, 2.24) is 9.55 Å². The largest absolute Gasteiger partial charge is 0.494 e. The van der Waals surface area contributed by atoms with Gasteiger partial charge in [-0.05, 0) is 53.6 Å². The second-order valence-corrected chi connectivity index (χ2v) is 7.67. The Balaban J connectivity index is 1.36. The summed E-state index contributed by atoms with van der Waals surface area (Å²) in [5.74, 6) is 1.79. The van der Waals surface area contributed by atoms with Crippen molar-refractivity contribution in [3.63, 3.8) is 0 Å². The summed E-state index contributed by atoms with van der Waals surface area (Å²) in [6, 6.07) is 30.6. The monoisotopic (exact) mass is 412 g/mol. The van der Waals surface area contributed by atoms with Crippen LogP contribution in [0.5, 0.6) is 5.75 Å². The number of aromatic nitrogens is 2. The summed E-state index contributed by atoms with van der Waals surface area (Å²) >= 11 is 6.47. The average Bonchev–Trinajstić information content (AvgIpc) is 3.15. The number of hydrogen-bond acceptors (Lipinski definition) is 2. The van der Waals surface area contributed by atoms with Crippen molar-refractivity contribution >= 4 is 33.4 Å². The molecule has 5 rings (SSSR count). The minimum absolute atomic E-state index is 0.632. The predicted molar refractivity (Wildman–Crippen MR) is 124 cm³/mol. The predicted octanol–water partition coefficient (Wildman–Crippen LogP) is 6.98. The molecular formula is C26H21ClN2O. The third kappa shape index (κ3) is 3.64. The number of nitrogens with zero attached hydrogens (tertiary/aromatic N) is 2. The van der Waals surface area contributed by atoms with Gasteiger partial charge in [0.05, 0.1) is 22.7 Å². The molecule has 0 saturated heterocycles. The van der Waals surface area contributed by atoms with Gasteiger partial charge in [-0.1, -0.05) is 66.2 Å². The van der Waals surface area contributed by atoms with E-state index in [1.54, 1.807) is 0 Å². The lowest BCUT2D eigenvalue weighted by Gasteiger charge is -2.12. The first-order valence-electron chi connectivity index (χ1n) is 10.1. The summed E-state index contributed by atoms with van der Waals surface area (Å²) in [5.41, 5.74) is 3.03. The molecule has 4 aromatic carbocycles. The van der Waals surface area contributed by atoms with Crippen LogP contribution >= 0.6 is 11.6 Å². The second kappa shape index (κ2) is 8.21. The van der Waals surface area contributed by atoms with Crippen LogP contribution in [0, 0.1) is 0 Å². The van der Waals surface area contributed by atoms with Crippen molar-refractivity contribution in [3.05, 3.63) is 96.0 Å². The maximum absolute atomic E-state index is 6.47. The van der Waals surface area contributed by atoms with E-state index in [0.29, 0.717) is 11.6 Å². The molecule has 0 fully saturated rings. The van der Waals surface area contributed by atoms with E-state index in [9.17, 15) is 0 Å². The first kappa shape index (κ1) is 18.7. The zero-order chi connectivity index (χ0) is 20.3. The summed E-state index contributed by atoms with van der Waals surface area (Å²) in [6.45, 7) is 1.43. The van der Waals surface area contributed by atoms with Gasteiger partial charge in [0.25, 0.3) is 0 Å². The average molecular weight is 413 g/mol. The normalized spacial score (nSPS) is 11.2. The molecule has 30 heavy (non-hydrogen) atoms. The number of fused-ring (bicyclic) bond motifs is 2. The van der Waals surface area contributed by atoms with Crippen molar-refractivity contribution in [2.45, 2.75) is 13.0 Å². The van der Waals surface area contributed by atoms with Crippen molar-refractivity contribution in [3.8, 4) is 17.1 Å². The molecule has 0 aliphatic rings. The van der Waals surface area contributed by atoms with Gasteiger partial charge in [-0.15, -0.1) is 0 Å². The molecular weight excluding hydrogens is 392 g/mol. The molecule has 0 spiro atoms. The Kier molecular flexibility index (Phi) is 5.12. The van der Waals surface area contributed by atoms with Crippen LogP contribution in [0.4, 0.5) is 0 Å². The Morgan fingerprint density at radius 1 is 0.800 bits per heavy atom. The molecule has 0 amide bonds. The van der Waals surface area contributed by atoms with Crippen LogP contribution in [-0.2, 0) is 6.54 Å². The third-order valence-corrected chi connectivity index (χ3v) is 5.61. The van der Waals surface area contributed by atoms with E-state index in [4.69, 9.17) is 21.3 Å². The molecule has 4 heteroatoms. The SMILES string of the molecule is Clc1ccccc1-c1nc2ccccc2n1CCCOc1ccc2ccccc2c1. The van der Waals surface area contributed by atoms with Gasteiger partial charge in [0.15, 0.2) is 0 Å². The Bertz CT molecular complexity index is 1330. The van der Waals surface area contributed by atoms with E-state index in [1.807, 2.05) is 54.6 Å². The van der Waals surface area contributed by atoms with E-state index >= 15 is 0 Å². The molecule has 148 valence electrons.